The second-order valence-corrected chi connectivity index (χ2v) is 0.752. The maximum Gasteiger partial charge on any atom is 0.128 e. The Morgan fingerprint density at radius 3 is 2.00 bits per heavy atom. The van der Waals surface area contributed by atoms with Crippen molar-refractivity contribution in [1.29, 1.82) is 0 Å². The standard InChI is InChI=1S/C3H5F2/c1-3(5)2-4/h3H,1-2H2/t3-/m0/s1. The minimum absolute atomic E-state index is 0.972. The van der Waals surface area contributed by atoms with Crippen molar-refractivity contribution in [3.63, 3.8) is 0 Å². The van der Waals surface area contributed by atoms with Gasteiger partial charge < -0.3 is 0 Å². The van der Waals surface area contributed by atoms with E-state index in [1.807, 2.05) is 0 Å². The van der Waals surface area contributed by atoms with Gasteiger partial charge in [0.1, 0.15) is 12.8 Å². The van der Waals surface area contributed by atoms with E-state index in [1.54, 1.807) is 0 Å². The van der Waals surface area contributed by atoms with Gasteiger partial charge in [-0.1, -0.05) is 0 Å². The zero-order chi connectivity index (χ0) is 4.28. The van der Waals surface area contributed by atoms with Crippen molar-refractivity contribution >= 4 is 0 Å². The first-order valence-electron chi connectivity index (χ1n) is 1.30. The molecule has 0 spiro atoms. The van der Waals surface area contributed by atoms with Crippen molar-refractivity contribution in [2.24, 2.45) is 0 Å². The Hall–Kier alpha value is -0.140. The topological polar surface area (TPSA) is 0 Å². The van der Waals surface area contributed by atoms with E-state index >= 15 is 0 Å². The van der Waals surface area contributed by atoms with Gasteiger partial charge in [-0.25, -0.2) is 8.78 Å². The Labute approximate surface area is 29.8 Å². The van der Waals surface area contributed by atoms with E-state index in [0.717, 1.165) is 0 Å². The van der Waals surface area contributed by atoms with E-state index in [1.165, 1.54) is 0 Å². The van der Waals surface area contributed by atoms with Gasteiger partial charge in [-0.15, -0.1) is 0 Å². The van der Waals surface area contributed by atoms with Gasteiger partial charge in [-0.05, 0) is 6.92 Å². The van der Waals surface area contributed by atoms with Crippen LogP contribution < -0.4 is 0 Å². The van der Waals surface area contributed by atoms with E-state index in [0.29, 0.717) is 0 Å². The first-order valence-corrected chi connectivity index (χ1v) is 1.30. The lowest BCUT2D eigenvalue weighted by Crippen LogP contribution is -1.91. The molecule has 0 saturated carbocycles. The Kier molecular flexibility index (Phi) is 2.06. The van der Waals surface area contributed by atoms with Crippen molar-refractivity contribution in [1.82, 2.24) is 0 Å². The lowest BCUT2D eigenvalue weighted by molar-refractivity contribution is 0.307. The molecule has 0 aliphatic heterocycles. The predicted octanol–water partition coefficient (Wildman–Crippen LogP) is 1.13. The molecule has 0 aliphatic rings. The molecule has 0 aromatic rings. The molecular formula is C3H5F2. The van der Waals surface area contributed by atoms with Crippen molar-refractivity contribution in [2.45, 2.75) is 6.17 Å². The summed E-state index contributed by atoms with van der Waals surface area (Å²) in [4.78, 5) is 0. The maximum absolute atomic E-state index is 10.9. The maximum atomic E-state index is 10.9. The average Bonchev–Trinajstić information content (AvgIpc) is 1.38. The van der Waals surface area contributed by atoms with Gasteiger partial charge in [0.25, 0.3) is 0 Å². The smallest absolute Gasteiger partial charge is 0.128 e. The average molecular weight is 79.1 g/mol. The van der Waals surface area contributed by atoms with Gasteiger partial charge in [0.05, 0.1) is 0 Å². The number of alkyl halides is 2. The number of hydrogen-bond donors (Lipinski definition) is 0. The summed E-state index contributed by atoms with van der Waals surface area (Å²) < 4.78 is 21.6. The van der Waals surface area contributed by atoms with Gasteiger partial charge in [0.2, 0.25) is 0 Å². The SMILES string of the molecule is [CH2][C@H](F)CF. The van der Waals surface area contributed by atoms with Crippen LogP contribution in [0.4, 0.5) is 8.78 Å². The van der Waals surface area contributed by atoms with Crippen LogP contribution in [0.1, 0.15) is 0 Å². The van der Waals surface area contributed by atoms with Crippen molar-refractivity contribution in [2.75, 3.05) is 6.67 Å². The van der Waals surface area contributed by atoms with Gasteiger partial charge in [0.15, 0.2) is 0 Å². The summed E-state index contributed by atoms with van der Waals surface area (Å²) >= 11 is 0. The van der Waals surface area contributed by atoms with Gasteiger partial charge in [-0.2, -0.15) is 0 Å². The number of rotatable bonds is 1. The predicted molar refractivity (Wildman–Crippen MR) is 16.2 cm³/mol. The van der Waals surface area contributed by atoms with Crippen molar-refractivity contribution in [3.05, 3.63) is 6.92 Å². The van der Waals surface area contributed by atoms with Crippen LogP contribution in [-0.2, 0) is 0 Å². The van der Waals surface area contributed by atoms with Gasteiger partial charge in [-0.3, -0.25) is 0 Å². The van der Waals surface area contributed by atoms with E-state index in [4.69, 9.17) is 0 Å². The lowest BCUT2D eigenvalue weighted by atomic mass is 10.5. The van der Waals surface area contributed by atoms with E-state index in [-0.39, 0.29) is 0 Å². The Balaban J connectivity index is 2.54. The zero-order valence-electron chi connectivity index (χ0n) is 2.75. The van der Waals surface area contributed by atoms with Crippen molar-refractivity contribution in [3.8, 4) is 0 Å². The zero-order valence-corrected chi connectivity index (χ0v) is 2.75. The van der Waals surface area contributed by atoms with Crippen LogP contribution in [0, 0.1) is 6.92 Å². The molecular weight excluding hydrogens is 74.0 g/mol. The number of halogens is 2. The summed E-state index contributed by atoms with van der Waals surface area (Å²) in [5, 5.41) is 0. The van der Waals surface area contributed by atoms with Crippen LogP contribution in [0.15, 0.2) is 0 Å². The summed E-state index contributed by atoms with van der Waals surface area (Å²) in [5.74, 6) is 0. The summed E-state index contributed by atoms with van der Waals surface area (Å²) in [5.41, 5.74) is 0. The van der Waals surface area contributed by atoms with Crippen LogP contribution in [0.3, 0.4) is 0 Å². The van der Waals surface area contributed by atoms with Crippen LogP contribution >= 0.6 is 0 Å². The lowest BCUT2D eigenvalue weighted by Gasteiger charge is -1.82. The van der Waals surface area contributed by atoms with Crippen LogP contribution in [0.5, 0.6) is 0 Å². The Morgan fingerprint density at radius 2 is 2.00 bits per heavy atom. The molecule has 0 fully saturated rings. The first kappa shape index (κ1) is 4.86. The molecule has 0 aromatic carbocycles. The molecule has 0 rings (SSSR count). The molecule has 1 atom stereocenters. The molecule has 0 amide bonds. The summed E-state index contributed by atoms with van der Waals surface area (Å²) in [6.45, 7) is 1.74. The highest BCUT2D eigenvalue weighted by atomic mass is 19.2. The first-order chi connectivity index (χ1) is 2.27. The molecule has 0 unspecified atom stereocenters. The Bertz CT molecular complexity index is 18.9. The monoisotopic (exact) mass is 79.0 g/mol. The quantitative estimate of drug-likeness (QED) is 0.442. The Morgan fingerprint density at radius 1 is 1.80 bits per heavy atom. The van der Waals surface area contributed by atoms with Crippen LogP contribution in [0.25, 0.3) is 0 Å². The van der Waals surface area contributed by atoms with Crippen molar-refractivity contribution < 1.29 is 8.78 Å². The summed E-state index contributed by atoms with van der Waals surface area (Å²) in [6.07, 6.45) is -1.53. The molecule has 0 heterocycles. The molecule has 0 aliphatic carbocycles. The molecule has 0 N–H and O–H groups in total. The normalized spacial score (nSPS) is 15.0. The van der Waals surface area contributed by atoms with Gasteiger partial charge >= 0.3 is 0 Å². The minimum atomic E-state index is -1.53. The summed E-state index contributed by atoms with van der Waals surface area (Å²) in [7, 11) is 0. The molecule has 0 saturated heterocycles. The fraction of sp³-hybridized carbons (Fsp3) is 0.667. The highest BCUT2D eigenvalue weighted by molar-refractivity contribution is 4.51. The molecule has 5 heavy (non-hydrogen) atoms. The molecule has 2 heteroatoms. The number of hydrogen-bond acceptors (Lipinski definition) is 0. The largest absolute Gasteiger partial charge is 0.248 e. The molecule has 1 radical (unpaired) electrons. The molecule has 0 aromatic heterocycles. The minimum Gasteiger partial charge on any atom is -0.248 e. The van der Waals surface area contributed by atoms with Crippen LogP contribution in [0.2, 0.25) is 0 Å². The van der Waals surface area contributed by atoms with E-state index in [9.17, 15) is 8.78 Å². The second kappa shape index (κ2) is 2.12. The third kappa shape index (κ3) is 3.86. The highest BCUT2D eigenvalue weighted by Gasteiger charge is 1.89. The fourth-order valence-corrected chi connectivity index (χ4v) is 0. The van der Waals surface area contributed by atoms with Gasteiger partial charge in [0, 0.05) is 0 Å². The van der Waals surface area contributed by atoms with E-state index in [2.05, 4.69) is 6.92 Å². The second-order valence-electron chi connectivity index (χ2n) is 0.752. The molecule has 0 bridgehead atoms. The molecule has 31 valence electrons. The van der Waals surface area contributed by atoms with E-state index < -0.39 is 12.8 Å². The third-order valence-corrected chi connectivity index (χ3v) is 0.167. The third-order valence-electron chi connectivity index (χ3n) is 0.167. The van der Waals surface area contributed by atoms with Crippen LogP contribution in [-0.4, -0.2) is 12.8 Å². The summed E-state index contributed by atoms with van der Waals surface area (Å²) in [6, 6.07) is 0. The highest BCUT2D eigenvalue weighted by Crippen LogP contribution is 1.83. The fourth-order valence-electron chi connectivity index (χ4n) is 0. The molecule has 0 nitrogen and oxygen atoms in total.